The molecule has 0 heterocycles. The van der Waals surface area contributed by atoms with Crippen LogP contribution in [0.25, 0.3) is 0 Å². The lowest BCUT2D eigenvalue weighted by atomic mass is 9.72. The molecular weight excluding hydrogens is 312 g/mol. The van der Waals surface area contributed by atoms with E-state index in [1.54, 1.807) is 0 Å². The maximum Gasteiger partial charge on any atom is -0.00628 e. The van der Waals surface area contributed by atoms with E-state index in [1.807, 2.05) is 0 Å². The van der Waals surface area contributed by atoms with Crippen molar-refractivity contribution in [1.82, 2.24) is 0 Å². The molecule has 0 saturated carbocycles. The number of aryl methyl sites for hydroxylation is 2. The minimum Gasteiger partial charge on any atom is -0.0617 e. The van der Waals surface area contributed by atoms with Gasteiger partial charge in [0.1, 0.15) is 0 Å². The second kappa shape index (κ2) is 6.87. The third kappa shape index (κ3) is 4.58. The van der Waals surface area contributed by atoms with Crippen LogP contribution in [0.15, 0.2) is 36.4 Å². The van der Waals surface area contributed by atoms with Crippen LogP contribution in [0, 0.1) is 13.8 Å². The summed E-state index contributed by atoms with van der Waals surface area (Å²) in [5, 5.41) is 0. The summed E-state index contributed by atoms with van der Waals surface area (Å²) in [4.78, 5) is 0. The normalized spacial score (nSPS) is 13.2. The molecule has 0 aliphatic carbocycles. The maximum absolute atomic E-state index is 2.45. The topological polar surface area (TPSA) is 0 Å². The van der Waals surface area contributed by atoms with Gasteiger partial charge in [0.2, 0.25) is 0 Å². The number of rotatable bonds is 3. The summed E-state index contributed by atoms with van der Waals surface area (Å²) in [7, 11) is 0. The van der Waals surface area contributed by atoms with Crippen LogP contribution in [0.2, 0.25) is 0 Å². The fraction of sp³-hybridized carbons (Fsp3) is 0.538. The van der Waals surface area contributed by atoms with Gasteiger partial charge in [-0.25, -0.2) is 0 Å². The number of hydrogen-bond acceptors (Lipinski definition) is 0. The molecule has 0 unspecified atom stereocenters. The van der Waals surface area contributed by atoms with Crippen molar-refractivity contribution in [1.29, 1.82) is 0 Å². The monoisotopic (exact) mass is 350 g/mol. The summed E-state index contributed by atoms with van der Waals surface area (Å²) in [6.07, 6.45) is 1.07. The second-order valence-corrected chi connectivity index (χ2v) is 10.7. The van der Waals surface area contributed by atoms with Crippen molar-refractivity contribution >= 4 is 0 Å². The molecule has 0 aliphatic heterocycles. The molecule has 0 saturated heterocycles. The van der Waals surface area contributed by atoms with E-state index in [9.17, 15) is 0 Å². The first-order valence-electron chi connectivity index (χ1n) is 9.93. The SMILES string of the molecule is Cc1cccc(C)c1CC(C)(C)c1cc(C(C)(C)C)cc(C(C)(C)C)c1. The Hall–Kier alpha value is -1.56. The zero-order valence-electron chi connectivity index (χ0n) is 18.7. The Labute approximate surface area is 162 Å². The van der Waals surface area contributed by atoms with E-state index in [2.05, 4.69) is 106 Å². The average Bonchev–Trinajstić information content (AvgIpc) is 2.49. The van der Waals surface area contributed by atoms with Crippen LogP contribution in [0.1, 0.15) is 88.8 Å². The molecule has 2 aromatic carbocycles. The maximum atomic E-state index is 2.45. The van der Waals surface area contributed by atoms with Crippen LogP contribution in [-0.4, -0.2) is 0 Å². The predicted molar refractivity (Wildman–Crippen MR) is 116 cm³/mol. The summed E-state index contributed by atoms with van der Waals surface area (Å²) in [5.74, 6) is 0. The molecule has 0 aliphatic rings. The highest BCUT2D eigenvalue weighted by Gasteiger charge is 2.27. The van der Waals surface area contributed by atoms with Crippen LogP contribution in [-0.2, 0) is 22.7 Å². The van der Waals surface area contributed by atoms with Crippen molar-refractivity contribution in [3.05, 3.63) is 69.8 Å². The fourth-order valence-corrected chi connectivity index (χ4v) is 3.56. The molecular formula is C26H38. The molecule has 0 aromatic heterocycles. The van der Waals surface area contributed by atoms with E-state index in [4.69, 9.17) is 0 Å². The van der Waals surface area contributed by atoms with Gasteiger partial charge >= 0.3 is 0 Å². The van der Waals surface area contributed by atoms with Gasteiger partial charge in [-0.05, 0) is 69.9 Å². The van der Waals surface area contributed by atoms with Crippen LogP contribution < -0.4 is 0 Å². The highest BCUT2D eigenvalue weighted by atomic mass is 14.3. The molecule has 0 atom stereocenters. The molecule has 0 bridgehead atoms. The van der Waals surface area contributed by atoms with Crippen molar-refractivity contribution in [3.8, 4) is 0 Å². The van der Waals surface area contributed by atoms with Crippen molar-refractivity contribution in [2.45, 2.75) is 91.9 Å². The minimum atomic E-state index is 0.0954. The second-order valence-electron chi connectivity index (χ2n) is 10.7. The van der Waals surface area contributed by atoms with Gasteiger partial charge in [-0.15, -0.1) is 0 Å². The quantitative estimate of drug-likeness (QED) is 0.540. The van der Waals surface area contributed by atoms with Gasteiger partial charge in [0.15, 0.2) is 0 Å². The van der Waals surface area contributed by atoms with Crippen LogP contribution in [0.3, 0.4) is 0 Å². The molecule has 2 rings (SSSR count). The molecule has 26 heavy (non-hydrogen) atoms. The van der Waals surface area contributed by atoms with Crippen molar-refractivity contribution in [3.63, 3.8) is 0 Å². The van der Waals surface area contributed by atoms with E-state index >= 15 is 0 Å². The average molecular weight is 351 g/mol. The van der Waals surface area contributed by atoms with Gasteiger partial charge in [-0.1, -0.05) is 91.8 Å². The summed E-state index contributed by atoms with van der Waals surface area (Å²) in [6.45, 7) is 23.2. The standard InChI is InChI=1S/C26H38/c1-18-12-11-13-19(2)23(18)17-26(9,10)22-15-20(24(3,4)5)14-21(16-22)25(6,7)8/h11-16H,17H2,1-10H3. The van der Waals surface area contributed by atoms with E-state index in [1.165, 1.54) is 33.4 Å². The van der Waals surface area contributed by atoms with Gasteiger partial charge in [-0.2, -0.15) is 0 Å². The Morgan fingerprint density at radius 3 is 1.38 bits per heavy atom. The highest BCUT2D eigenvalue weighted by Crippen LogP contribution is 2.36. The van der Waals surface area contributed by atoms with E-state index in [0.717, 1.165) is 6.42 Å². The lowest BCUT2D eigenvalue weighted by Gasteiger charge is -2.32. The minimum absolute atomic E-state index is 0.0954. The smallest absolute Gasteiger partial charge is 0.00628 e. The molecule has 0 heteroatoms. The Morgan fingerprint density at radius 2 is 1.00 bits per heavy atom. The Balaban J connectivity index is 2.58. The first kappa shape index (κ1) is 20.7. The van der Waals surface area contributed by atoms with E-state index in [-0.39, 0.29) is 16.2 Å². The number of hydrogen-bond donors (Lipinski definition) is 0. The third-order valence-electron chi connectivity index (χ3n) is 5.71. The summed E-state index contributed by atoms with van der Waals surface area (Å²) < 4.78 is 0. The van der Waals surface area contributed by atoms with Crippen LogP contribution >= 0.6 is 0 Å². The summed E-state index contributed by atoms with van der Waals surface area (Å²) in [6, 6.07) is 14.0. The Kier molecular flexibility index (Phi) is 5.48. The van der Waals surface area contributed by atoms with Crippen molar-refractivity contribution in [2.75, 3.05) is 0 Å². The first-order valence-corrected chi connectivity index (χ1v) is 9.93. The molecule has 2 aromatic rings. The Bertz CT molecular complexity index is 724. The largest absolute Gasteiger partial charge is 0.0617 e. The lowest BCUT2D eigenvalue weighted by molar-refractivity contribution is 0.508. The number of benzene rings is 2. The first-order chi connectivity index (χ1) is 11.7. The molecule has 0 spiro atoms. The van der Waals surface area contributed by atoms with Gasteiger partial charge in [0, 0.05) is 0 Å². The van der Waals surface area contributed by atoms with Crippen molar-refractivity contribution in [2.24, 2.45) is 0 Å². The highest BCUT2D eigenvalue weighted by molar-refractivity contribution is 5.42. The molecule has 0 radical (unpaired) electrons. The lowest BCUT2D eigenvalue weighted by Crippen LogP contribution is -2.25. The van der Waals surface area contributed by atoms with Crippen molar-refractivity contribution < 1.29 is 0 Å². The molecule has 0 nitrogen and oxygen atoms in total. The predicted octanol–water partition coefficient (Wildman–Crippen LogP) is 7.42. The van der Waals surface area contributed by atoms with Gasteiger partial charge in [0.05, 0.1) is 0 Å². The molecule has 0 N–H and O–H groups in total. The van der Waals surface area contributed by atoms with Gasteiger partial charge < -0.3 is 0 Å². The summed E-state index contributed by atoms with van der Waals surface area (Å²) in [5.41, 5.74) is 9.05. The zero-order chi connectivity index (χ0) is 19.9. The zero-order valence-corrected chi connectivity index (χ0v) is 18.7. The van der Waals surface area contributed by atoms with E-state index in [0.29, 0.717) is 0 Å². The molecule has 0 amide bonds. The van der Waals surface area contributed by atoms with Gasteiger partial charge in [0.25, 0.3) is 0 Å². The summed E-state index contributed by atoms with van der Waals surface area (Å²) >= 11 is 0. The van der Waals surface area contributed by atoms with Crippen LogP contribution in [0.4, 0.5) is 0 Å². The molecule has 0 fully saturated rings. The van der Waals surface area contributed by atoms with Gasteiger partial charge in [-0.3, -0.25) is 0 Å². The fourth-order valence-electron chi connectivity index (χ4n) is 3.56. The third-order valence-corrected chi connectivity index (χ3v) is 5.71. The molecule has 142 valence electrons. The van der Waals surface area contributed by atoms with Crippen LogP contribution in [0.5, 0.6) is 0 Å². The Morgan fingerprint density at radius 1 is 0.615 bits per heavy atom. The van der Waals surface area contributed by atoms with E-state index < -0.39 is 0 Å².